The molecule has 0 unspecified atom stereocenters. The minimum absolute atomic E-state index is 0.101. The van der Waals surface area contributed by atoms with Gasteiger partial charge in [-0.15, -0.1) is 0 Å². The van der Waals surface area contributed by atoms with Gasteiger partial charge in [0.25, 0.3) is 5.89 Å². The highest BCUT2D eigenvalue weighted by molar-refractivity contribution is 6.30. The van der Waals surface area contributed by atoms with Gasteiger partial charge in [0, 0.05) is 17.0 Å². The molecule has 0 N–H and O–H groups in total. The zero-order chi connectivity index (χ0) is 17.6. The van der Waals surface area contributed by atoms with Gasteiger partial charge in [-0.25, -0.2) is 4.39 Å². The number of benzene rings is 2. The van der Waals surface area contributed by atoms with E-state index in [9.17, 15) is 9.18 Å². The number of ether oxygens (including phenoxy) is 1. The first kappa shape index (κ1) is 17.1. The topological polar surface area (TPSA) is 65.2 Å². The van der Waals surface area contributed by atoms with Crippen LogP contribution in [-0.2, 0) is 22.6 Å². The molecule has 0 aliphatic carbocycles. The molecule has 3 rings (SSSR count). The third-order valence-electron chi connectivity index (χ3n) is 3.44. The highest BCUT2D eigenvalue weighted by Gasteiger charge is 2.11. The molecular formula is C18H14ClFN2O3. The van der Waals surface area contributed by atoms with E-state index in [0.29, 0.717) is 22.8 Å². The molecule has 3 aromatic rings. The van der Waals surface area contributed by atoms with Gasteiger partial charge in [-0.2, -0.15) is 4.98 Å². The van der Waals surface area contributed by atoms with Crippen LogP contribution in [0, 0.1) is 5.82 Å². The van der Waals surface area contributed by atoms with Crippen molar-refractivity contribution in [3.8, 4) is 11.4 Å². The molecule has 128 valence electrons. The Morgan fingerprint density at radius 2 is 2.00 bits per heavy atom. The maximum atomic E-state index is 12.8. The SMILES string of the molecule is O=C(CCc1ccc(F)cc1)OCc1nc(-c2cccc(Cl)c2)no1. The molecule has 0 atom stereocenters. The Morgan fingerprint density at radius 1 is 1.20 bits per heavy atom. The molecule has 7 heteroatoms. The Bertz CT molecular complexity index is 865. The van der Waals surface area contributed by atoms with Gasteiger partial charge in [0.1, 0.15) is 5.82 Å². The molecule has 2 aromatic carbocycles. The number of halogens is 2. The minimum atomic E-state index is -0.396. The summed E-state index contributed by atoms with van der Waals surface area (Å²) in [7, 11) is 0. The van der Waals surface area contributed by atoms with Gasteiger partial charge in [0.05, 0.1) is 0 Å². The first-order valence-electron chi connectivity index (χ1n) is 7.59. The number of carbonyl (C=O) groups is 1. The maximum absolute atomic E-state index is 12.8. The van der Waals surface area contributed by atoms with E-state index in [1.165, 1.54) is 12.1 Å². The van der Waals surface area contributed by atoms with Crippen molar-refractivity contribution in [1.29, 1.82) is 0 Å². The van der Waals surface area contributed by atoms with Gasteiger partial charge < -0.3 is 9.26 Å². The lowest BCUT2D eigenvalue weighted by molar-refractivity contribution is -0.145. The summed E-state index contributed by atoms with van der Waals surface area (Å²) in [6, 6.07) is 13.0. The summed E-state index contributed by atoms with van der Waals surface area (Å²) >= 11 is 5.92. The Hall–Kier alpha value is -2.73. The molecule has 25 heavy (non-hydrogen) atoms. The molecule has 1 heterocycles. The molecule has 1 aromatic heterocycles. The van der Waals surface area contributed by atoms with Gasteiger partial charge in [0.2, 0.25) is 5.82 Å². The van der Waals surface area contributed by atoms with E-state index in [4.69, 9.17) is 20.9 Å². The van der Waals surface area contributed by atoms with E-state index in [2.05, 4.69) is 10.1 Å². The largest absolute Gasteiger partial charge is 0.456 e. The van der Waals surface area contributed by atoms with Gasteiger partial charge in [-0.3, -0.25) is 4.79 Å². The average molecular weight is 361 g/mol. The normalized spacial score (nSPS) is 10.6. The monoisotopic (exact) mass is 360 g/mol. The molecule has 0 fully saturated rings. The summed E-state index contributed by atoms with van der Waals surface area (Å²) in [4.78, 5) is 15.9. The van der Waals surface area contributed by atoms with Crippen LogP contribution in [-0.4, -0.2) is 16.1 Å². The van der Waals surface area contributed by atoms with Gasteiger partial charge in [-0.1, -0.05) is 41.0 Å². The summed E-state index contributed by atoms with van der Waals surface area (Å²) in [6.45, 7) is -0.101. The second-order valence-electron chi connectivity index (χ2n) is 5.31. The smallest absolute Gasteiger partial charge is 0.306 e. The first-order valence-corrected chi connectivity index (χ1v) is 7.96. The van der Waals surface area contributed by atoms with Crippen molar-refractivity contribution in [3.63, 3.8) is 0 Å². The lowest BCUT2D eigenvalue weighted by Gasteiger charge is -2.02. The third-order valence-corrected chi connectivity index (χ3v) is 3.67. The van der Waals surface area contributed by atoms with Crippen LogP contribution in [0.15, 0.2) is 53.1 Å². The van der Waals surface area contributed by atoms with Crippen molar-refractivity contribution >= 4 is 17.6 Å². The Balaban J connectivity index is 1.50. The number of aryl methyl sites for hydroxylation is 1. The zero-order valence-electron chi connectivity index (χ0n) is 13.1. The Labute approximate surface area is 148 Å². The van der Waals surface area contributed by atoms with E-state index in [1.807, 2.05) is 0 Å². The van der Waals surface area contributed by atoms with E-state index < -0.39 is 5.97 Å². The molecule has 0 spiro atoms. The number of hydrogen-bond donors (Lipinski definition) is 0. The predicted octanol–water partition coefficient (Wildman–Crippen LogP) is 4.21. The molecule has 0 saturated heterocycles. The molecule has 5 nitrogen and oxygen atoms in total. The average Bonchev–Trinajstić information content (AvgIpc) is 3.08. The molecule has 0 radical (unpaired) electrons. The van der Waals surface area contributed by atoms with Crippen LogP contribution in [0.25, 0.3) is 11.4 Å². The lowest BCUT2D eigenvalue weighted by Crippen LogP contribution is -2.06. The van der Waals surface area contributed by atoms with E-state index in [-0.39, 0.29) is 24.7 Å². The number of aromatic nitrogens is 2. The fourth-order valence-corrected chi connectivity index (χ4v) is 2.36. The Kier molecular flexibility index (Phi) is 5.40. The third kappa shape index (κ3) is 4.87. The number of carbonyl (C=O) groups excluding carboxylic acids is 1. The van der Waals surface area contributed by atoms with Crippen LogP contribution in [0.5, 0.6) is 0 Å². The molecule has 0 amide bonds. The summed E-state index contributed by atoms with van der Waals surface area (Å²) in [5, 5.41) is 4.40. The van der Waals surface area contributed by atoms with E-state index >= 15 is 0 Å². The summed E-state index contributed by atoms with van der Waals surface area (Å²) in [6.07, 6.45) is 0.650. The lowest BCUT2D eigenvalue weighted by atomic mass is 10.1. The predicted molar refractivity (Wildman–Crippen MR) is 89.3 cm³/mol. The second-order valence-corrected chi connectivity index (χ2v) is 5.75. The summed E-state index contributed by atoms with van der Waals surface area (Å²) < 4.78 is 23.0. The number of esters is 1. The highest BCUT2D eigenvalue weighted by atomic mass is 35.5. The summed E-state index contributed by atoms with van der Waals surface area (Å²) in [5.74, 6) is -0.130. The number of rotatable bonds is 6. The van der Waals surface area contributed by atoms with Crippen molar-refractivity contribution in [3.05, 3.63) is 70.8 Å². The van der Waals surface area contributed by atoms with Crippen molar-refractivity contribution in [1.82, 2.24) is 10.1 Å². The van der Waals surface area contributed by atoms with Crippen LogP contribution < -0.4 is 0 Å². The number of hydrogen-bond acceptors (Lipinski definition) is 5. The van der Waals surface area contributed by atoms with Crippen LogP contribution >= 0.6 is 11.6 Å². The molecule has 0 saturated carbocycles. The fraction of sp³-hybridized carbons (Fsp3) is 0.167. The van der Waals surface area contributed by atoms with Crippen LogP contribution in [0.3, 0.4) is 0 Å². The maximum Gasteiger partial charge on any atom is 0.306 e. The van der Waals surface area contributed by atoms with Crippen LogP contribution in [0.2, 0.25) is 5.02 Å². The molecule has 0 aliphatic rings. The minimum Gasteiger partial charge on any atom is -0.456 e. The van der Waals surface area contributed by atoms with Gasteiger partial charge >= 0.3 is 5.97 Å². The van der Waals surface area contributed by atoms with Crippen molar-refractivity contribution in [2.24, 2.45) is 0 Å². The quantitative estimate of drug-likeness (QED) is 0.616. The molecular weight excluding hydrogens is 347 g/mol. The van der Waals surface area contributed by atoms with Crippen molar-refractivity contribution in [2.45, 2.75) is 19.4 Å². The Morgan fingerprint density at radius 3 is 2.76 bits per heavy atom. The van der Waals surface area contributed by atoms with E-state index in [0.717, 1.165) is 5.56 Å². The van der Waals surface area contributed by atoms with Crippen molar-refractivity contribution in [2.75, 3.05) is 0 Å². The van der Waals surface area contributed by atoms with Crippen LogP contribution in [0.4, 0.5) is 4.39 Å². The number of nitrogens with zero attached hydrogens (tertiary/aromatic N) is 2. The molecule has 0 bridgehead atoms. The second kappa shape index (κ2) is 7.90. The standard InChI is InChI=1S/C18H14ClFN2O3/c19-14-3-1-2-13(10-14)18-21-16(25-22-18)11-24-17(23)9-6-12-4-7-15(20)8-5-12/h1-5,7-8,10H,6,9,11H2. The van der Waals surface area contributed by atoms with Crippen LogP contribution in [0.1, 0.15) is 17.9 Å². The van der Waals surface area contributed by atoms with Gasteiger partial charge in [-0.05, 0) is 36.2 Å². The van der Waals surface area contributed by atoms with Gasteiger partial charge in [0.15, 0.2) is 6.61 Å². The highest BCUT2D eigenvalue weighted by Crippen LogP contribution is 2.20. The van der Waals surface area contributed by atoms with Crippen molar-refractivity contribution < 1.29 is 18.4 Å². The zero-order valence-corrected chi connectivity index (χ0v) is 13.9. The molecule has 0 aliphatic heterocycles. The summed E-state index contributed by atoms with van der Waals surface area (Å²) in [5.41, 5.74) is 1.57. The van der Waals surface area contributed by atoms with E-state index in [1.54, 1.807) is 36.4 Å². The fourth-order valence-electron chi connectivity index (χ4n) is 2.17. The first-order chi connectivity index (χ1) is 12.1.